The maximum atomic E-state index is 13.5. The zero-order valence-corrected chi connectivity index (χ0v) is 14.3. The van der Waals surface area contributed by atoms with E-state index in [2.05, 4.69) is 5.32 Å². The number of benzene rings is 2. The summed E-state index contributed by atoms with van der Waals surface area (Å²) in [5.41, 5.74) is 2.74. The normalized spacial score (nSPS) is 21.0. The number of carbonyl (C=O) groups is 2. The highest BCUT2D eigenvalue weighted by molar-refractivity contribution is 5.99. The summed E-state index contributed by atoms with van der Waals surface area (Å²) >= 11 is 0. The molecule has 5 heteroatoms. The SMILES string of the molecule is O=C(NC1(C(=O)O)Cc2ccc(F)cc2C1)c1cccc2c1CCCC2. The van der Waals surface area contributed by atoms with Crippen LogP contribution in [-0.4, -0.2) is 22.5 Å². The molecule has 0 heterocycles. The molecule has 2 aromatic rings. The van der Waals surface area contributed by atoms with Crippen molar-refractivity contribution in [3.8, 4) is 0 Å². The second kappa shape index (κ2) is 6.24. The Balaban J connectivity index is 1.65. The molecule has 4 rings (SSSR count). The fraction of sp³-hybridized carbons (Fsp3) is 0.333. The number of halogens is 1. The molecular weight excluding hydrogens is 333 g/mol. The number of aryl methyl sites for hydroxylation is 1. The van der Waals surface area contributed by atoms with E-state index in [0.717, 1.165) is 36.8 Å². The average molecular weight is 353 g/mol. The van der Waals surface area contributed by atoms with E-state index >= 15 is 0 Å². The molecule has 0 aliphatic heterocycles. The fourth-order valence-electron chi connectivity index (χ4n) is 4.22. The van der Waals surface area contributed by atoms with E-state index in [9.17, 15) is 19.1 Å². The van der Waals surface area contributed by atoms with E-state index in [-0.39, 0.29) is 18.7 Å². The quantitative estimate of drug-likeness (QED) is 0.891. The molecule has 134 valence electrons. The van der Waals surface area contributed by atoms with Gasteiger partial charge in [-0.05, 0) is 66.1 Å². The molecule has 0 aromatic heterocycles. The van der Waals surface area contributed by atoms with Crippen LogP contribution in [0.4, 0.5) is 4.39 Å². The third-order valence-electron chi connectivity index (χ3n) is 5.56. The van der Waals surface area contributed by atoms with Crippen molar-refractivity contribution in [3.05, 3.63) is 70.0 Å². The first-order valence-electron chi connectivity index (χ1n) is 8.92. The van der Waals surface area contributed by atoms with Crippen LogP contribution < -0.4 is 5.32 Å². The van der Waals surface area contributed by atoms with Crippen LogP contribution in [-0.2, 0) is 30.5 Å². The Morgan fingerprint density at radius 2 is 1.77 bits per heavy atom. The number of nitrogens with one attached hydrogen (secondary N) is 1. The van der Waals surface area contributed by atoms with E-state index in [1.807, 2.05) is 12.1 Å². The van der Waals surface area contributed by atoms with E-state index in [1.54, 1.807) is 12.1 Å². The predicted molar refractivity (Wildman–Crippen MR) is 94.7 cm³/mol. The van der Waals surface area contributed by atoms with Crippen molar-refractivity contribution in [3.63, 3.8) is 0 Å². The maximum absolute atomic E-state index is 13.5. The third kappa shape index (κ3) is 2.77. The van der Waals surface area contributed by atoms with Gasteiger partial charge in [0.05, 0.1) is 0 Å². The van der Waals surface area contributed by atoms with Crippen molar-refractivity contribution in [2.45, 2.75) is 44.1 Å². The van der Waals surface area contributed by atoms with Gasteiger partial charge >= 0.3 is 5.97 Å². The molecule has 1 unspecified atom stereocenters. The number of carboxylic acid groups (broad SMARTS) is 1. The first kappa shape index (κ1) is 16.8. The van der Waals surface area contributed by atoms with Crippen molar-refractivity contribution in [1.82, 2.24) is 5.32 Å². The Bertz CT molecular complexity index is 908. The highest BCUT2D eigenvalue weighted by Gasteiger charge is 2.45. The van der Waals surface area contributed by atoms with Crippen molar-refractivity contribution >= 4 is 11.9 Å². The molecular formula is C21H20FNO3. The number of fused-ring (bicyclic) bond motifs is 2. The van der Waals surface area contributed by atoms with Gasteiger partial charge in [0, 0.05) is 18.4 Å². The largest absolute Gasteiger partial charge is 0.479 e. The van der Waals surface area contributed by atoms with Crippen LogP contribution in [0.3, 0.4) is 0 Å². The molecule has 26 heavy (non-hydrogen) atoms. The molecule has 0 fully saturated rings. The number of hydrogen-bond donors (Lipinski definition) is 2. The second-order valence-electron chi connectivity index (χ2n) is 7.26. The van der Waals surface area contributed by atoms with E-state index in [0.29, 0.717) is 11.1 Å². The van der Waals surface area contributed by atoms with Crippen LogP contribution >= 0.6 is 0 Å². The number of amides is 1. The summed E-state index contributed by atoms with van der Waals surface area (Å²) in [4.78, 5) is 25.0. The highest BCUT2D eigenvalue weighted by Crippen LogP contribution is 2.32. The van der Waals surface area contributed by atoms with Crippen LogP contribution in [0.25, 0.3) is 0 Å². The minimum Gasteiger partial charge on any atom is -0.479 e. The molecule has 0 bridgehead atoms. The Morgan fingerprint density at radius 3 is 2.58 bits per heavy atom. The second-order valence-corrected chi connectivity index (χ2v) is 7.26. The topological polar surface area (TPSA) is 66.4 Å². The molecule has 0 spiro atoms. The van der Waals surface area contributed by atoms with Crippen LogP contribution in [0.1, 0.15) is 45.5 Å². The van der Waals surface area contributed by atoms with Gasteiger partial charge < -0.3 is 10.4 Å². The first-order chi connectivity index (χ1) is 12.5. The van der Waals surface area contributed by atoms with Gasteiger partial charge in [-0.2, -0.15) is 0 Å². The Labute approximate surface area is 151 Å². The third-order valence-corrected chi connectivity index (χ3v) is 5.56. The van der Waals surface area contributed by atoms with Crippen LogP contribution in [0, 0.1) is 5.82 Å². The lowest BCUT2D eigenvalue weighted by atomic mass is 9.87. The summed E-state index contributed by atoms with van der Waals surface area (Å²) in [6.07, 6.45) is 4.19. The molecule has 2 aliphatic carbocycles. The van der Waals surface area contributed by atoms with Gasteiger partial charge in [-0.15, -0.1) is 0 Å². The van der Waals surface area contributed by atoms with Crippen molar-refractivity contribution in [2.24, 2.45) is 0 Å². The minimum absolute atomic E-state index is 0.0934. The summed E-state index contributed by atoms with van der Waals surface area (Å²) in [5.74, 6) is -1.85. The summed E-state index contributed by atoms with van der Waals surface area (Å²) in [6, 6.07) is 9.93. The molecule has 2 aliphatic rings. The monoisotopic (exact) mass is 353 g/mol. The number of rotatable bonds is 3. The van der Waals surface area contributed by atoms with E-state index in [4.69, 9.17) is 0 Å². The molecule has 0 radical (unpaired) electrons. The van der Waals surface area contributed by atoms with Crippen molar-refractivity contribution in [2.75, 3.05) is 0 Å². The Morgan fingerprint density at radius 1 is 1.00 bits per heavy atom. The smallest absolute Gasteiger partial charge is 0.330 e. The molecule has 1 amide bonds. The maximum Gasteiger partial charge on any atom is 0.330 e. The molecule has 0 saturated carbocycles. The van der Waals surface area contributed by atoms with Gasteiger partial charge in [-0.1, -0.05) is 18.2 Å². The average Bonchev–Trinajstić information content (AvgIpc) is 2.99. The first-order valence-corrected chi connectivity index (χ1v) is 8.92. The Kier molecular flexibility index (Phi) is 4.02. The fourth-order valence-corrected chi connectivity index (χ4v) is 4.22. The lowest BCUT2D eigenvalue weighted by Crippen LogP contribution is -2.55. The predicted octanol–water partition coefficient (Wildman–Crippen LogP) is 3.06. The van der Waals surface area contributed by atoms with Gasteiger partial charge in [-0.25, -0.2) is 9.18 Å². The summed E-state index contributed by atoms with van der Waals surface area (Å²) < 4.78 is 13.5. The summed E-state index contributed by atoms with van der Waals surface area (Å²) in [6.45, 7) is 0. The number of carbonyl (C=O) groups excluding carboxylic acids is 1. The standard InChI is InChI=1S/C21H20FNO3/c22-16-9-8-14-11-21(20(25)26,12-15(14)10-16)23-19(24)18-7-3-5-13-4-1-2-6-17(13)18/h3,5,7-10H,1-2,4,6,11-12H2,(H,23,24)(H,25,26). The van der Waals surface area contributed by atoms with Gasteiger partial charge in [0.1, 0.15) is 11.4 Å². The lowest BCUT2D eigenvalue weighted by molar-refractivity contribution is -0.144. The zero-order chi connectivity index (χ0) is 18.3. The highest BCUT2D eigenvalue weighted by atomic mass is 19.1. The molecule has 1 atom stereocenters. The molecule has 2 aromatic carbocycles. The summed E-state index contributed by atoms with van der Waals surface area (Å²) in [5, 5.41) is 12.6. The molecule has 0 saturated heterocycles. The van der Waals surface area contributed by atoms with Gasteiger partial charge in [-0.3, -0.25) is 4.79 Å². The van der Waals surface area contributed by atoms with Crippen molar-refractivity contribution < 1.29 is 19.1 Å². The Hall–Kier alpha value is -2.69. The van der Waals surface area contributed by atoms with Crippen LogP contribution in [0.2, 0.25) is 0 Å². The lowest BCUT2D eigenvalue weighted by Gasteiger charge is -2.27. The minimum atomic E-state index is -1.43. The summed E-state index contributed by atoms with van der Waals surface area (Å²) in [7, 11) is 0. The molecule has 4 nitrogen and oxygen atoms in total. The van der Waals surface area contributed by atoms with Gasteiger partial charge in [0.25, 0.3) is 5.91 Å². The molecule has 2 N–H and O–H groups in total. The zero-order valence-electron chi connectivity index (χ0n) is 14.3. The van der Waals surface area contributed by atoms with Crippen molar-refractivity contribution in [1.29, 1.82) is 0 Å². The van der Waals surface area contributed by atoms with E-state index < -0.39 is 17.3 Å². The van der Waals surface area contributed by atoms with E-state index in [1.165, 1.54) is 17.7 Å². The van der Waals surface area contributed by atoms with Crippen LogP contribution in [0.5, 0.6) is 0 Å². The van der Waals surface area contributed by atoms with Gasteiger partial charge in [0.2, 0.25) is 0 Å². The van der Waals surface area contributed by atoms with Crippen LogP contribution in [0.15, 0.2) is 36.4 Å². The number of hydrogen-bond acceptors (Lipinski definition) is 2. The number of carboxylic acids is 1. The van der Waals surface area contributed by atoms with Gasteiger partial charge in [0.15, 0.2) is 0 Å². The number of aliphatic carboxylic acids is 1.